The zero-order valence-electron chi connectivity index (χ0n) is 9.33. The summed E-state index contributed by atoms with van der Waals surface area (Å²) in [6.45, 7) is 8.88. The molecular formula is C11H22N2O. The molecule has 0 radical (unpaired) electrons. The molecule has 0 aromatic rings. The lowest BCUT2D eigenvalue weighted by molar-refractivity contribution is 0.0620. The van der Waals surface area contributed by atoms with Crippen molar-refractivity contribution in [2.75, 3.05) is 32.8 Å². The van der Waals surface area contributed by atoms with Crippen LogP contribution in [-0.2, 0) is 4.74 Å². The molecule has 1 rings (SSSR count). The lowest BCUT2D eigenvalue weighted by Crippen LogP contribution is -2.36. The Morgan fingerprint density at radius 3 is 3.00 bits per heavy atom. The van der Waals surface area contributed by atoms with Gasteiger partial charge in [0.1, 0.15) is 0 Å². The largest absolute Gasteiger partial charge is 0.376 e. The van der Waals surface area contributed by atoms with Gasteiger partial charge in [0.2, 0.25) is 0 Å². The summed E-state index contributed by atoms with van der Waals surface area (Å²) >= 11 is 0. The minimum Gasteiger partial charge on any atom is -0.376 e. The molecule has 0 spiro atoms. The van der Waals surface area contributed by atoms with E-state index in [4.69, 9.17) is 10.5 Å². The van der Waals surface area contributed by atoms with E-state index < -0.39 is 0 Å². The molecule has 1 heterocycles. The van der Waals surface area contributed by atoms with Gasteiger partial charge in [-0.3, -0.25) is 4.90 Å². The highest BCUT2D eigenvalue weighted by atomic mass is 16.5. The SMILES string of the molecule is CC(C)=CCN1CCCOC(CN)C1. The van der Waals surface area contributed by atoms with Crippen LogP contribution in [0, 0.1) is 0 Å². The van der Waals surface area contributed by atoms with E-state index >= 15 is 0 Å². The second-order valence-electron chi connectivity index (χ2n) is 4.12. The summed E-state index contributed by atoms with van der Waals surface area (Å²) in [5.41, 5.74) is 7.00. The Morgan fingerprint density at radius 1 is 1.57 bits per heavy atom. The molecule has 0 bridgehead atoms. The maximum Gasteiger partial charge on any atom is 0.0824 e. The van der Waals surface area contributed by atoms with Crippen molar-refractivity contribution in [3.63, 3.8) is 0 Å². The predicted octanol–water partition coefficient (Wildman–Crippen LogP) is 1.00. The average Bonchev–Trinajstić information content (AvgIpc) is 2.39. The van der Waals surface area contributed by atoms with Crippen molar-refractivity contribution in [1.82, 2.24) is 4.90 Å². The fourth-order valence-corrected chi connectivity index (χ4v) is 1.59. The van der Waals surface area contributed by atoms with Gasteiger partial charge in [0.05, 0.1) is 6.10 Å². The Bertz CT molecular complexity index is 188. The quantitative estimate of drug-likeness (QED) is 0.688. The first-order valence-corrected chi connectivity index (χ1v) is 5.39. The number of hydrogen-bond donors (Lipinski definition) is 1. The van der Waals surface area contributed by atoms with Gasteiger partial charge in [-0.2, -0.15) is 0 Å². The van der Waals surface area contributed by atoms with Crippen molar-refractivity contribution < 1.29 is 4.74 Å². The zero-order valence-corrected chi connectivity index (χ0v) is 9.33. The summed E-state index contributed by atoms with van der Waals surface area (Å²) < 4.78 is 5.60. The topological polar surface area (TPSA) is 38.5 Å². The Kier molecular flexibility index (Phi) is 5.15. The minimum atomic E-state index is 0.225. The Morgan fingerprint density at radius 2 is 2.36 bits per heavy atom. The highest BCUT2D eigenvalue weighted by Crippen LogP contribution is 2.05. The first kappa shape index (κ1) is 11.7. The average molecular weight is 198 g/mol. The van der Waals surface area contributed by atoms with Crippen LogP contribution in [0.25, 0.3) is 0 Å². The van der Waals surface area contributed by atoms with Gasteiger partial charge in [-0.15, -0.1) is 0 Å². The van der Waals surface area contributed by atoms with E-state index in [1.807, 2.05) is 0 Å². The smallest absolute Gasteiger partial charge is 0.0824 e. The van der Waals surface area contributed by atoms with Crippen LogP contribution >= 0.6 is 0 Å². The first-order chi connectivity index (χ1) is 6.72. The molecule has 1 aliphatic heterocycles. The predicted molar refractivity (Wildman–Crippen MR) is 59.3 cm³/mol. The summed E-state index contributed by atoms with van der Waals surface area (Å²) in [6.07, 6.45) is 3.61. The van der Waals surface area contributed by atoms with Gasteiger partial charge in [0.15, 0.2) is 0 Å². The fourth-order valence-electron chi connectivity index (χ4n) is 1.59. The standard InChI is InChI=1S/C11H22N2O/c1-10(2)4-6-13-5-3-7-14-11(8-12)9-13/h4,11H,3,5-9,12H2,1-2H3. The number of rotatable bonds is 3. The molecule has 14 heavy (non-hydrogen) atoms. The Labute approximate surface area is 86.9 Å². The van der Waals surface area contributed by atoms with Crippen LogP contribution in [0.4, 0.5) is 0 Å². The van der Waals surface area contributed by atoms with E-state index in [0.717, 1.165) is 32.7 Å². The minimum absolute atomic E-state index is 0.225. The molecule has 2 N–H and O–H groups in total. The van der Waals surface area contributed by atoms with Gasteiger partial charge in [-0.25, -0.2) is 0 Å². The van der Waals surface area contributed by atoms with Crippen LogP contribution in [-0.4, -0.2) is 43.8 Å². The van der Waals surface area contributed by atoms with Crippen molar-refractivity contribution in [2.45, 2.75) is 26.4 Å². The molecule has 0 aliphatic carbocycles. The van der Waals surface area contributed by atoms with Crippen LogP contribution in [0.1, 0.15) is 20.3 Å². The molecule has 1 fully saturated rings. The highest BCUT2D eigenvalue weighted by Gasteiger charge is 2.15. The van der Waals surface area contributed by atoms with Crippen molar-refractivity contribution in [1.29, 1.82) is 0 Å². The van der Waals surface area contributed by atoms with Gasteiger partial charge < -0.3 is 10.5 Å². The van der Waals surface area contributed by atoms with Crippen LogP contribution in [0.3, 0.4) is 0 Å². The Hall–Kier alpha value is -0.380. The van der Waals surface area contributed by atoms with Crippen LogP contribution in [0.5, 0.6) is 0 Å². The molecule has 3 nitrogen and oxygen atoms in total. The summed E-state index contributed by atoms with van der Waals surface area (Å²) in [5, 5.41) is 0. The molecule has 1 atom stereocenters. The second-order valence-corrected chi connectivity index (χ2v) is 4.12. The first-order valence-electron chi connectivity index (χ1n) is 5.39. The van der Waals surface area contributed by atoms with Crippen molar-refractivity contribution >= 4 is 0 Å². The molecule has 82 valence electrons. The number of hydrogen-bond acceptors (Lipinski definition) is 3. The zero-order chi connectivity index (χ0) is 10.4. The molecule has 0 aromatic heterocycles. The van der Waals surface area contributed by atoms with Crippen molar-refractivity contribution in [2.24, 2.45) is 5.73 Å². The van der Waals surface area contributed by atoms with Crippen LogP contribution in [0.2, 0.25) is 0 Å². The van der Waals surface area contributed by atoms with E-state index in [0.29, 0.717) is 6.54 Å². The number of allylic oxidation sites excluding steroid dienone is 1. The molecule has 0 aromatic carbocycles. The molecule has 0 amide bonds. The third kappa shape index (κ3) is 4.22. The summed E-state index contributed by atoms with van der Waals surface area (Å²) in [6, 6.07) is 0. The maximum absolute atomic E-state index is 5.62. The third-order valence-corrected chi connectivity index (χ3v) is 2.45. The van der Waals surface area contributed by atoms with Crippen LogP contribution in [0.15, 0.2) is 11.6 Å². The van der Waals surface area contributed by atoms with Gasteiger partial charge in [0.25, 0.3) is 0 Å². The van der Waals surface area contributed by atoms with E-state index in [1.165, 1.54) is 5.57 Å². The number of nitrogens with two attached hydrogens (primary N) is 1. The fraction of sp³-hybridized carbons (Fsp3) is 0.818. The summed E-state index contributed by atoms with van der Waals surface area (Å²) in [7, 11) is 0. The molecule has 1 unspecified atom stereocenters. The molecular weight excluding hydrogens is 176 g/mol. The number of nitrogens with zero attached hydrogens (tertiary/aromatic N) is 1. The molecule has 0 saturated carbocycles. The Balaban J connectivity index is 2.38. The summed E-state index contributed by atoms with van der Waals surface area (Å²) in [4.78, 5) is 2.41. The number of ether oxygens (including phenoxy) is 1. The van der Waals surface area contributed by atoms with E-state index in [-0.39, 0.29) is 6.10 Å². The second kappa shape index (κ2) is 6.17. The van der Waals surface area contributed by atoms with E-state index in [1.54, 1.807) is 0 Å². The monoisotopic (exact) mass is 198 g/mol. The maximum atomic E-state index is 5.62. The van der Waals surface area contributed by atoms with E-state index in [2.05, 4.69) is 24.8 Å². The third-order valence-electron chi connectivity index (χ3n) is 2.45. The van der Waals surface area contributed by atoms with Gasteiger partial charge in [-0.1, -0.05) is 11.6 Å². The lowest BCUT2D eigenvalue weighted by Gasteiger charge is -2.21. The molecule has 1 saturated heterocycles. The molecule has 1 aliphatic rings. The van der Waals surface area contributed by atoms with Gasteiger partial charge in [0, 0.05) is 32.8 Å². The normalized spacial score (nSPS) is 24.4. The van der Waals surface area contributed by atoms with Crippen LogP contribution < -0.4 is 5.73 Å². The lowest BCUT2D eigenvalue weighted by atomic mass is 10.3. The summed E-state index contributed by atoms with van der Waals surface area (Å²) in [5.74, 6) is 0. The van der Waals surface area contributed by atoms with E-state index in [9.17, 15) is 0 Å². The molecule has 3 heteroatoms. The highest BCUT2D eigenvalue weighted by molar-refractivity contribution is 4.95. The van der Waals surface area contributed by atoms with Crippen molar-refractivity contribution in [3.8, 4) is 0 Å². The van der Waals surface area contributed by atoms with Gasteiger partial charge in [-0.05, 0) is 20.3 Å². The van der Waals surface area contributed by atoms with Gasteiger partial charge >= 0.3 is 0 Å². The van der Waals surface area contributed by atoms with Crippen molar-refractivity contribution in [3.05, 3.63) is 11.6 Å².